The van der Waals surface area contributed by atoms with Crippen LogP contribution < -0.4 is 10.6 Å². The van der Waals surface area contributed by atoms with Crippen molar-refractivity contribution in [2.24, 2.45) is 0 Å². The number of carbonyl (C=O) groups excluding carboxylic acids is 1. The van der Waals surface area contributed by atoms with Crippen molar-refractivity contribution < 1.29 is 9.18 Å². The van der Waals surface area contributed by atoms with E-state index < -0.39 is 11.7 Å². The van der Waals surface area contributed by atoms with Crippen LogP contribution in [0.5, 0.6) is 0 Å². The van der Waals surface area contributed by atoms with Crippen LogP contribution in [-0.2, 0) is 0 Å². The molecule has 6 heteroatoms. The number of nitrogens with zero attached hydrogens (tertiary/aromatic N) is 1. The number of halogens is 2. The van der Waals surface area contributed by atoms with Crippen molar-refractivity contribution in [3.05, 3.63) is 52.4 Å². The lowest BCUT2D eigenvalue weighted by Gasteiger charge is -2.11. The van der Waals surface area contributed by atoms with Crippen molar-refractivity contribution >= 4 is 33.3 Å². The van der Waals surface area contributed by atoms with E-state index in [-0.39, 0.29) is 5.69 Å². The van der Waals surface area contributed by atoms with Crippen LogP contribution in [0.4, 0.5) is 15.9 Å². The van der Waals surface area contributed by atoms with Crippen LogP contribution in [0.3, 0.4) is 0 Å². The normalized spacial score (nSPS) is 10.2. The van der Waals surface area contributed by atoms with Crippen LogP contribution in [0.25, 0.3) is 0 Å². The average Bonchev–Trinajstić information content (AvgIpc) is 2.44. The van der Waals surface area contributed by atoms with E-state index in [0.717, 1.165) is 0 Å². The summed E-state index contributed by atoms with van der Waals surface area (Å²) in [6.07, 6.45) is 1.59. The number of benzene rings is 1. The van der Waals surface area contributed by atoms with Gasteiger partial charge in [-0.3, -0.25) is 4.79 Å². The minimum absolute atomic E-state index is 0.115. The highest BCUT2D eigenvalue weighted by molar-refractivity contribution is 9.10. The third-order valence-corrected chi connectivity index (χ3v) is 3.26. The average molecular weight is 338 g/mol. The van der Waals surface area contributed by atoms with E-state index in [1.165, 1.54) is 6.07 Å². The maximum absolute atomic E-state index is 13.7. The highest BCUT2D eigenvalue weighted by atomic mass is 79.9. The molecule has 1 aromatic carbocycles. The summed E-state index contributed by atoms with van der Waals surface area (Å²) < 4.78 is 14.2. The molecule has 0 saturated heterocycles. The van der Waals surface area contributed by atoms with Crippen LogP contribution >= 0.6 is 15.9 Å². The second-order valence-corrected chi connectivity index (χ2v) is 4.84. The first-order valence-corrected chi connectivity index (χ1v) is 6.87. The summed E-state index contributed by atoms with van der Waals surface area (Å²) in [5, 5.41) is 5.55. The van der Waals surface area contributed by atoms with Crippen LogP contribution in [-0.4, -0.2) is 17.4 Å². The molecule has 1 aromatic heterocycles. The monoisotopic (exact) mass is 337 g/mol. The highest BCUT2D eigenvalue weighted by Crippen LogP contribution is 2.26. The van der Waals surface area contributed by atoms with Gasteiger partial charge in [0, 0.05) is 17.2 Å². The molecule has 2 aromatic rings. The van der Waals surface area contributed by atoms with Crippen LogP contribution in [0, 0.1) is 5.82 Å². The molecule has 104 valence electrons. The molecule has 2 N–H and O–H groups in total. The molecule has 20 heavy (non-hydrogen) atoms. The predicted molar refractivity (Wildman–Crippen MR) is 80.5 cm³/mol. The fourth-order valence-corrected chi connectivity index (χ4v) is 2.14. The summed E-state index contributed by atoms with van der Waals surface area (Å²) in [5.41, 5.74) is 0.480. The minimum Gasteiger partial charge on any atom is -0.370 e. The Balaban J connectivity index is 2.29. The molecule has 0 spiro atoms. The maximum Gasteiger partial charge on any atom is 0.259 e. The van der Waals surface area contributed by atoms with Gasteiger partial charge in [0.05, 0.1) is 11.3 Å². The molecule has 4 nitrogen and oxygen atoms in total. The van der Waals surface area contributed by atoms with E-state index in [1.54, 1.807) is 30.5 Å². The second kappa shape index (κ2) is 6.47. The Kier molecular flexibility index (Phi) is 4.68. The topological polar surface area (TPSA) is 54.0 Å². The molecule has 0 unspecified atom stereocenters. The third-order valence-electron chi connectivity index (χ3n) is 2.60. The van der Waals surface area contributed by atoms with Crippen molar-refractivity contribution in [3.8, 4) is 0 Å². The van der Waals surface area contributed by atoms with E-state index in [0.29, 0.717) is 22.4 Å². The molecule has 1 heterocycles. The summed E-state index contributed by atoms with van der Waals surface area (Å²) in [6, 6.07) is 7.80. The van der Waals surface area contributed by atoms with E-state index in [1.807, 2.05) is 6.92 Å². The number of amides is 1. The Bertz CT molecular complexity index is 613. The van der Waals surface area contributed by atoms with Gasteiger partial charge in [0.15, 0.2) is 0 Å². The summed E-state index contributed by atoms with van der Waals surface area (Å²) in [4.78, 5) is 16.3. The summed E-state index contributed by atoms with van der Waals surface area (Å²) in [7, 11) is 0. The van der Waals surface area contributed by atoms with Gasteiger partial charge in [-0.2, -0.15) is 0 Å². The number of hydrogen-bond acceptors (Lipinski definition) is 3. The molecular formula is C14H13BrFN3O. The number of anilines is 2. The molecular weight excluding hydrogens is 325 g/mol. The predicted octanol–water partition coefficient (Wildman–Crippen LogP) is 3.67. The Morgan fingerprint density at radius 2 is 2.15 bits per heavy atom. The van der Waals surface area contributed by atoms with E-state index in [2.05, 4.69) is 31.5 Å². The van der Waals surface area contributed by atoms with Crippen molar-refractivity contribution in [2.75, 3.05) is 17.2 Å². The Morgan fingerprint density at radius 1 is 1.35 bits per heavy atom. The minimum atomic E-state index is -0.499. The van der Waals surface area contributed by atoms with Gasteiger partial charge in [0.1, 0.15) is 11.6 Å². The van der Waals surface area contributed by atoms with Crippen molar-refractivity contribution in [1.82, 2.24) is 4.98 Å². The number of rotatable bonds is 4. The number of hydrogen-bond donors (Lipinski definition) is 2. The summed E-state index contributed by atoms with van der Waals surface area (Å²) in [6.45, 7) is 2.55. The van der Waals surface area contributed by atoms with Gasteiger partial charge in [-0.05, 0) is 47.1 Å². The SMILES string of the molecule is CCNc1ncccc1C(=O)Nc1c(F)cccc1Br. The molecule has 0 atom stereocenters. The van der Waals surface area contributed by atoms with Gasteiger partial charge >= 0.3 is 0 Å². The Labute approximate surface area is 124 Å². The molecule has 1 amide bonds. The molecule has 0 aliphatic carbocycles. The van der Waals surface area contributed by atoms with Gasteiger partial charge in [-0.1, -0.05) is 6.07 Å². The molecule has 2 rings (SSSR count). The molecule has 0 radical (unpaired) electrons. The van der Waals surface area contributed by atoms with Gasteiger partial charge in [0.25, 0.3) is 5.91 Å². The Hall–Kier alpha value is -1.95. The zero-order valence-electron chi connectivity index (χ0n) is 10.8. The van der Waals surface area contributed by atoms with Crippen molar-refractivity contribution in [1.29, 1.82) is 0 Å². The first kappa shape index (κ1) is 14.5. The van der Waals surface area contributed by atoms with Gasteiger partial charge in [-0.25, -0.2) is 9.37 Å². The molecule has 0 saturated carbocycles. The maximum atomic E-state index is 13.7. The zero-order valence-corrected chi connectivity index (χ0v) is 12.4. The molecule has 0 fully saturated rings. The van der Waals surface area contributed by atoms with E-state index in [9.17, 15) is 9.18 Å². The fourth-order valence-electron chi connectivity index (χ4n) is 1.69. The lowest BCUT2D eigenvalue weighted by Crippen LogP contribution is -2.16. The van der Waals surface area contributed by atoms with Gasteiger partial charge < -0.3 is 10.6 Å². The fraction of sp³-hybridized carbons (Fsp3) is 0.143. The number of para-hydroxylation sites is 1. The number of pyridine rings is 1. The van der Waals surface area contributed by atoms with Gasteiger partial charge in [-0.15, -0.1) is 0 Å². The molecule has 0 bridgehead atoms. The number of nitrogens with one attached hydrogen (secondary N) is 2. The second-order valence-electron chi connectivity index (χ2n) is 3.98. The highest BCUT2D eigenvalue weighted by Gasteiger charge is 2.15. The smallest absolute Gasteiger partial charge is 0.259 e. The first-order valence-electron chi connectivity index (χ1n) is 6.07. The lowest BCUT2D eigenvalue weighted by atomic mass is 10.2. The summed E-state index contributed by atoms with van der Waals surface area (Å²) >= 11 is 3.21. The Morgan fingerprint density at radius 3 is 2.85 bits per heavy atom. The molecule has 0 aliphatic rings. The van der Waals surface area contributed by atoms with Crippen LogP contribution in [0.1, 0.15) is 17.3 Å². The molecule has 0 aliphatic heterocycles. The van der Waals surface area contributed by atoms with E-state index in [4.69, 9.17) is 0 Å². The standard InChI is InChI=1S/C14H13BrFN3O/c1-2-17-13-9(5-4-8-18-13)14(20)19-12-10(15)6-3-7-11(12)16/h3-8H,2H2,1H3,(H,17,18)(H,19,20). The number of carbonyl (C=O) groups is 1. The van der Waals surface area contributed by atoms with Crippen LogP contribution in [0.15, 0.2) is 41.0 Å². The van der Waals surface area contributed by atoms with Crippen molar-refractivity contribution in [3.63, 3.8) is 0 Å². The quantitative estimate of drug-likeness (QED) is 0.894. The van der Waals surface area contributed by atoms with Gasteiger partial charge in [0.2, 0.25) is 0 Å². The lowest BCUT2D eigenvalue weighted by molar-refractivity contribution is 0.102. The first-order chi connectivity index (χ1) is 9.63. The van der Waals surface area contributed by atoms with Crippen molar-refractivity contribution in [2.45, 2.75) is 6.92 Å². The third kappa shape index (κ3) is 3.14. The zero-order chi connectivity index (χ0) is 14.5. The van der Waals surface area contributed by atoms with E-state index >= 15 is 0 Å². The summed E-state index contributed by atoms with van der Waals surface area (Å²) in [5.74, 6) is -0.443. The number of aromatic nitrogens is 1. The largest absolute Gasteiger partial charge is 0.370 e. The van der Waals surface area contributed by atoms with Crippen LogP contribution in [0.2, 0.25) is 0 Å².